The highest BCUT2D eigenvalue weighted by Crippen LogP contribution is 2.22. The maximum absolute atomic E-state index is 4.97. The molecule has 2 aliphatic rings. The molecule has 2 rings (SSSR count). The summed E-state index contributed by atoms with van der Waals surface area (Å²) in [6, 6.07) is 0. The third-order valence-corrected chi connectivity index (χ3v) is 2.82. The van der Waals surface area contributed by atoms with Crippen LogP contribution in [0.4, 0.5) is 0 Å². The zero-order chi connectivity index (χ0) is 8.81. The van der Waals surface area contributed by atoms with Crippen molar-refractivity contribution in [3.8, 4) is 0 Å². The second-order valence-electron chi connectivity index (χ2n) is 3.01. The quantitative estimate of drug-likeness (QED) is 0.571. The van der Waals surface area contributed by atoms with Crippen LogP contribution in [-0.2, 0) is 4.74 Å². The van der Waals surface area contributed by atoms with E-state index in [0.29, 0.717) is 6.10 Å². The Kier molecular flexibility index (Phi) is 4.30. The highest BCUT2D eigenvalue weighted by Gasteiger charge is 2.00. The number of rotatable bonds is 0. The van der Waals surface area contributed by atoms with E-state index in [1.165, 1.54) is 17.1 Å². The van der Waals surface area contributed by atoms with Gasteiger partial charge in [-0.2, -0.15) is 0 Å². The van der Waals surface area contributed by atoms with E-state index in [2.05, 4.69) is 19.9 Å². The van der Waals surface area contributed by atoms with Crippen molar-refractivity contribution in [3.63, 3.8) is 0 Å². The monoisotopic (exact) mass is 184 g/mol. The SMILES string of the molecule is CC1=CCCS1.CC1CC=CO1. The van der Waals surface area contributed by atoms with Gasteiger partial charge in [0.05, 0.1) is 12.4 Å². The van der Waals surface area contributed by atoms with E-state index in [0.717, 1.165) is 6.42 Å². The minimum atomic E-state index is 0.435. The molecule has 2 aliphatic heterocycles. The molecular formula is C10H16OS. The summed E-state index contributed by atoms with van der Waals surface area (Å²) in [5.41, 5.74) is 0. The largest absolute Gasteiger partial charge is 0.498 e. The van der Waals surface area contributed by atoms with Gasteiger partial charge in [0.1, 0.15) is 0 Å². The second-order valence-corrected chi connectivity index (χ2v) is 4.35. The van der Waals surface area contributed by atoms with Gasteiger partial charge in [-0.05, 0) is 31.2 Å². The van der Waals surface area contributed by atoms with Crippen LogP contribution in [-0.4, -0.2) is 11.9 Å². The Morgan fingerprint density at radius 2 is 2.42 bits per heavy atom. The first-order valence-corrected chi connectivity index (χ1v) is 5.37. The lowest BCUT2D eigenvalue weighted by Gasteiger charge is -1.97. The van der Waals surface area contributed by atoms with Gasteiger partial charge in [-0.3, -0.25) is 0 Å². The minimum Gasteiger partial charge on any atom is -0.498 e. The van der Waals surface area contributed by atoms with Gasteiger partial charge in [0.2, 0.25) is 0 Å². The molecule has 12 heavy (non-hydrogen) atoms. The molecule has 0 amide bonds. The second kappa shape index (κ2) is 5.31. The standard InChI is InChI=1S/C5H8O.C5H8S/c2*1-5-3-2-4-6-5/h2,4-5H,3H2,1H3;3H,2,4H2,1H3. The van der Waals surface area contributed by atoms with Crippen LogP contribution >= 0.6 is 11.8 Å². The van der Waals surface area contributed by atoms with Crippen molar-refractivity contribution in [2.75, 3.05) is 5.75 Å². The summed E-state index contributed by atoms with van der Waals surface area (Å²) in [5.74, 6) is 1.31. The normalized spacial score (nSPS) is 25.8. The van der Waals surface area contributed by atoms with Gasteiger partial charge in [0.15, 0.2) is 0 Å². The van der Waals surface area contributed by atoms with Crippen LogP contribution in [0.1, 0.15) is 26.7 Å². The number of allylic oxidation sites excluding steroid dienone is 2. The molecule has 0 aliphatic carbocycles. The Hall–Kier alpha value is -0.370. The summed E-state index contributed by atoms with van der Waals surface area (Å²) in [7, 11) is 0. The summed E-state index contributed by atoms with van der Waals surface area (Å²) < 4.78 is 4.97. The molecule has 0 spiro atoms. The fourth-order valence-electron chi connectivity index (χ4n) is 1.03. The average Bonchev–Trinajstić information content (AvgIpc) is 2.63. The maximum atomic E-state index is 4.97. The van der Waals surface area contributed by atoms with Crippen LogP contribution < -0.4 is 0 Å². The minimum absolute atomic E-state index is 0.435. The average molecular weight is 184 g/mol. The predicted octanol–water partition coefficient (Wildman–Crippen LogP) is 3.34. The van der Waals surface area contributed by atoms with Gasteiger partial charge in [-0.15, -0.1) is 11.8 Å². The van der Waals surface area contributed by atoms with E-state index in [9.17, 15) is 0 Å². The van der Waals surface area contributed by atoms with Gasteiger partial charge in [0.25, 0.3) is 0 Å². The summed E-state index contributed by atoms with van der Waals surface area (Å²) in [6.45, 7) is 4.22. The van der Waals surface area contributed by atoms with E-state index in [1.54, 1.807) is 6.26 Å². The predicted molar refractivity (Wildman–Crippen MR) is 55.1 cm³/mol. The molecule has 0 saturated carbocycles. The van der Waals surface area contributed by atoms with Crippen molar-refractivity contribution < 1.29 is 4.74 Å². The zero-order valence-electron chi connectivity index (χ0n) is 7.75. The van der Waals surface area contributed by atoms with E-state index < -0.39 is 0 Å². The lowest BCUT2D eigenvalue weighted by atomic mass is 10.3. The van der Waals surface area contributed by atoms with Crippen LogP contribution in [0.3, 0.4) is 0 Å². The molecule has 0 aromatic heterocycles. The smallest absolute Gasteiger partial charge is 0.0985 e. The molecule has 0 fully saturated rings. The fraction of sp³-hybridized carbons (Fsp3) is 0.600. The van der Waals surface area contributed by atoms with Gasteiger partial charge in [-0.25, -0.2) is 0 Å². The molecule has 1 unspecified atom stereocenters. The summed E-state index contributed by atoms with van der Waals surface area (Å²) in [4.78, 5) is 1.50. The van der Waals surface area contributed by atoms with Gasteiger partial charge >= 0.3 is 0 Å². The van der Waals surface area contributed by atoms with E-state index in [4.69, 9.17) is 4.74 Å². The van der Waals surface area contributed by atoms with Crippen molar-refractivity contribution >= 4 is 11.8 Å². The Balaban J connectivity index is 0.000000120. The molecule has 0 N–H and O–H groups in total. The lowest BCUT2D eigenvalue weighted by Crippen LogP contribution is -1.93. The summed E-state index contributed by atoms with van der Waals surface area (Å²) in [6.07, 6.45) is 8.88. The van der Waals surface area contributed by atoms with Gasteiger partial charge in [0, 0.05) is 12.2 Å². The number of hydrogen-bond acceptors (Lipinski definition) is 2. The first kappa shape index (κ1) is 9.72. The van der Waals surface area contributed by atoms with E-state index >= 15 is 0 Å². The fourth-order valence-corrected chi connectivity index (χ4v) is 1.83. The van der Waals surface area contributed by atoms with Crippen LogP contribution in [0.15, 0.2) is 23.3 Å². The van der Waals surface area contributed by atoms with Crippen LogP contribution in [0.25, 0.3) is 0 Å². The van der Waals surface area contributed by atoms with E-state index in [-0.39, 0.29) is 0 Å². The molecule has 0 aromatic rings. The Morgan fingerprint density at radius 3 is 2.58 bits per heavy atom. The molecule has 0 aromatic carbocycles. The third-order valence-electron chi connectivity index (χ3n) is 1.75. The van der Waals surface area contributed by atoms with Crippen LogP contribution in [0, 0.1) is 0 Å². The van der Waals surface area contributed by atoms with Crippen molar-refractivity contribution in [1.29, 1.82) is 0 Å². The molecule has 2 heteroatoms. The maximum Gasteiger partial charge on any atom is 0.0985 e. The van der Waals surface area contributed by atoms with Gasteiger partial charge < -0.3 is 4.74 Å². The van der Waals surface area contributed by atoms with Crippen LogP contribution in [0.2, 0.25) is 0 Å². The molecule has 0 bridgehead atoms. The zero-order valence-corrected chi connectivity index (χ0v) is 8.56. The van der Waals surface area contributed by atoms with Crippen molar-refractivity contribution in [1.82, 2.24) is 0 Å². The van der Waals surface area contributed by atoms with Crippen LogP contribution in [0.5, 0.6) is 0 Å². The topological polar surface area (TPSA) is 9.23 Å². The Labute approximate surface area is 78.9 Å². The van der Waals surface area contributed by atoms with Crippen molar-refractivity contribution in [2.24, 2.45) is 0 Å². The Morgan fingerprint density at radius 1 is 1.58 bits per heavy atom. The molecule has 1 nitrogen and oxygen atoms in total. The first-order chi connectivity index (χ1) is 5.79. The lowest BCUT2D eigenvalue weighted by molar-refractivity contribution is 0.189. The molecule has 0 saturated heterocycles. The first-order valence-electron chi connectivity index (χ1n) is 4.39. The number of hydrogen-bond donors (Lipinski definition) is 0. The molecule has 1 atom stereocenters. The highest BCUT2D eigenvalue weighted by molar-refractivity contribution is 8.03. The molecule has 0 radical (unpaired) electrons. The third kappa shape index (κ3) is 3.86. The Bertz CT molecular complexity index is 176. The van der Waals surface area contributed by atoms with Gasteiger partial charge in [-0.1, -0.05) is 6.08 Å². The van der Waals surface area contributed by atoms with Crippen molar-refractivity contribution in [2.45, 2.75) is 32.8 Å². The number of ether oxygens (including phenoxy) is 1. The molecular weight excluding hydrogens is 168 g/mol. The summed E-state index contributed by atoms with van der Waals surface area (Å²) >= 11 is 1.96. The molecule has 68 valence electrons. The van der Waals surface area contributed by atoms with Crippen molar-refractivity contribution in [3.05, 3.63) is 23.3 Å². The van der Waals surface area contributed by atoms with E-state index in [1.807, 2.05) is 17.8 Å². The summed E-state index contributed by atoms with van der Waals surface area (Å²) in [5, 5.41) is 0. The highest BCUT2D eigenvalue weighted by atomic mass is 32.2. The number of thioether (sulfide) groups is 1. The molecule has 2 heterocycles.